The van der Waals surface area contributed by atoms with Gasteiger partial charge < -0.3 is 20.8 Å². The van der Waals surface area contributed by atoms with Crippen LogP contribution in [-0.2, 0) is 7.05 Å². The maximum Gasteiger partial charge on any atom is 0.145 e. The molecule has 3 rings (SSSR count). The van der Waals surface area contributed by atoms with Crippen LogP contribution >= 0.6 is 0 Å². The molecule has 6 nitrogen and oxygen atoms in total. The molecule has 0 radical (unpaired) electrons. The highest BCUT2D eigenvalue weighted by atomic mass is 16.5. The number of methoxy groups -OCH3 is 1. The minimum Gasteiger partial charge on any atom is -0.495 e. The highest BCUT2D eigenvalue weighted by molar-refractivity contribution is 6.00. The van der Waals surface area contributed by atoms with Gasteiger partial charge in [-0.15, -0.1) is 0 Å². The second-order valence-corrected chi connectivity index (χ2v) is 4.57. The molecule has 6 heteroatoms. The van der Waals surface area contributed by atoms with E-state index in [1.807, 2.05) is 36.0 Å². The molecule has 0 bridgehead atoms. The average molecular weight is 269 g/mol. The van der Waals surface area contributed by atoms with Crippen LogP contribution in [0.1, 0.15) is 0 Å². The van der Waals surface area contributed by atoms with Crippen molar-refractivity contribution >= 4 is 22.5 Å². The SMILES string of the molecule is COc1cc(-c2cn(C)c3ncnc(N)c23)ccc1N. The van der Waals surface area contributed by atoms with Crippen LogP contribution in [0, 0.1) is 0 Å². The van der Waals surface area contributed by atoms with Gasteiger partial charge in [0, 0.05) is 18.8 Å². The first-order chi connectivity index (χ1) is 9.61. The minimum atomic E-state index is 0.460. The van der Waals surface area contributed by atoms with Gasteiger partial charge >= 0.3 is 0 Å². The first kappa shape index (κ1) is 12.3. The summed E-state index contributed by atoms with van der Waals surface area (Å²) < 4.78 is 7.18. The van der Waals surface area contributed by atoms with E-state index in [2.05, 4.69) is 9.97 Å². The number of nitrogen functional groups attached to an aromatic ring is 2. The molecule has 0 spiro atoms. The molecule has 102 valence electrons. The van der Waals surface area contributed by atoms with Gasteiger partial charge in [-0.3, -0.25) is 0 Å². The smallest absolute Gasteiger partial charge is 0.145 e. The highest BCUT2D eigenvalue weighted by Crippen LogP contribution is 2.35. The Morgan fingerprint density at radius 1 is 1.20 bits per heavy atom. The van der Waals surface area contributed by atoms with Crippen molar-refractivity contribution in [3.63, 3.8) is 0 Å². The van der Waals surface area contributed by atoms with Crippen molar-refractivity contribution in [2.75, 3.05) is 18.6 Å². The van der Waals surface area contributed by atoms with Crippen LogP contribution in [0.5, 0.6) is 5.75 Å². The summed E-state index contributed by atoms with van der Waals surface area (Å²) in [6.07, 6.45) is 3.44. The van der Waals surface area contributed by atoms with Gasteiger partial charge in [0.05, 0.1) is 18.2 Å². The zero-order chi connectivity index (χ0) is 14.3. The number of anilines is 2. The summed E-state index contributed by atoms with van der Waals surface area (Å²) in [6, 6.07) is 5.63. The number of aryl methyl sites for hydroxylation is 1. The second kappa shape index (κ2) is 4.41. The summed E-state index contributed by atoms with van der Waals surface area (Å²) in [5.41, 5.74) is 15.1. The molecule has 0 aliphatic rings. The Morgan fingerprint density at radius 2 is 2.00 bits per heavy atom. The van der Waals surface area contributed by atoms with Gasteiger partial charge in [-0.1, -0.05) is 6.07 Å². The predicted octanol–water partition coefficient (Wildman–Crippen LogP) is 1.81. The lowest BCUT2D eigenvalue weighted by molar-refractivity contribution is 0.417. The Labute approximate surface area is 116 Å². The molecule has 0 unspecified atom stereocenters. The molecule has 20 heavy (non-hydrogen) atoms. The topological polar surface area (TPSA) is 92.0 Å². The van der Waals surface area contributed by atoms with E-state index >= 15 is 0 Å². The summed E-state index contributed by atoms with van der Waals surface area (Å²) in [5, 5.41) is 0.835. The van der Waals surface area contributed by atoms with Gasteiger partial charge in [0.15, 0.2) is 0 Å². The van der Waals surface area contributed by atoms with Crippen LogP contribution < -0.4 is 16.2 Å². The van der Waals surface area contributed by atoms with Gasteiger partial charge in [0.1, 0.15) is 23.5 Å². The second-order valence-electron chi connectivity index (χ2n) is 4.57. The number of benzene rings is 1. The third-order valence-corrected chi connectivity index (χ3v) is 3.33. The van der Waals surface area contributed by atoms with Crippen molar-refractivity contribution in [3.05, 3.63) is 30.7 Å². The lowest BCUT2D eigenvalue weighted by Crippen LogP contribution is -1.95. The zero-order valence-corrected chi connectivity index (χ0v) is 11.3. The number of hydrogen-bond acceptors (Lipinski definition) is 5. The number of nitrogens with zero attached hydrogens (tertiary/aromatic N) is 3. The Morgan fingerprint density at radius 3 is 2.75 bits per heavy atom. The van der Waals surface area contributed by atoms with Crippen molar-refractivity contribution in [3.8, 4) is 16.9 Å². The molecule has 4 N–H and O–H groups in total. The number of rotatable bonds is 2. The fourth-order valence-corrected chi connectivity index (χ4v) is 2.33. The molecule has 1 aromatic carbocycles. The predicted molar refractivity (Wildman–Crippen MR) is 79.3 cm³/mol. The molecule has 2 aromatic heterocycles. The maximum absolute atomic E-state index is 5.99. The molecule has 0 saturated heterocycles. The van der Waals surface area contributed by atoms with Crippen molar-refractivity contribution in [1.29, 1.82) is 0 Å². The van der Waals surface area contributed by atoms with Crippen molar-refractivity contribution < 1.29 is 4.74 Å². The Hall–Kier alpha value is -2.76. The van der Waals surface area contributed by atoms with E-state index in [9.17, 15) is 0 Å². The van der Waals surface area contributed by atoms with Crippen LogP contribution in [0.3, 0.4) is 0 Å². The van der Waals surface area contributed by atoms with Crippen LogP contribution in [0.15, 0.2) is 30.7 Å². The van der Waals surface area contributed by atoms with E-state index in [1.165, 1.54) is 6.33 Å². The van der Waals surface area contributed by atoms with E-state index in [0.29, 0.717) is 17.3 Å². The van der Waals surface area contributed by atoms with Crippen molar-refractivity contribution in [2.24, 2.45) is 7.05 Å². The molecule has 0 aliphatic carbocycles. The fraction of sp³-hybridized carbons (Fsp3) is 0.143. The Balaban J connectivity index is 2.30. The average Bonchev–Trinajstić information content (AvgIpc) is 2.78. The highest BCUT2D eigenvalue weighted by Gasteiger charge is 2.14. The Bertz CT molecular complexity index is 794. The van der Waals surface area contributed by atoms with Gasteiger partial charge in [-0.25, -0.2) is 9.97 Å². The first-order valence-electron chi connectivity index (χ1n) is 6.11. The third kappa shape index (κ3) is 1.73. The quantitative estimate of drug-likeness (QED) is 0.692. The molecule has 0 amide bonds. The number of ether oxygens (including phenoxy) is 1. The van der Waals surface area contributed by atoms with E-state index < -0.39 is 0 Å². The first-order valence-corrected chi connectivity index (χ1v) is 6.11. The van der Waals surface area contributed by atoms with Crippen LogP contribution in [0.25, 0.3) is 22.2 Å². The van der Waals surface area contributed by atoms with Gasteiger partial charge in [-0.2, -0.15) is 0 Å². The zero-order valence-electron chi connectivity index (χ0n) is 11.3. The summed E-state index contributed by atoms with van der Waals surface area (Å²) in [7, 11) is 3.52. The molecular weight excluding hydrogens is 254 g/mol. The number of fused-ring (bicyclic) bond motifs is 1. The molecule has 3 aromatic rings. The van der Waals surface area contributed by atoms with Crippen molar-refractivity contribution in [1.82, 2.24) is 14.5 Å². The van der Waals surface area contributed by atoms with Crippen LogP contribution in [0.4, 0.5) is 11.5 Å². The van der Waals surface area contributed by atoms with Crippen LogP contribution in [-0.4, -0.2) is 21.6 Å². The molecule has 0 saturated carbocycles. The van der Waals surface area contributed by atoms with E-state index in [1.54, 1.807) is 7.11 Å². The normalized spacial score (nSPS) is 10.9. The van der Waals surface area contributed by atoms with Gasteiger partial charge in [-0.05, 0) is 17.7 Å². The summed E-state index contributed by atoms with van der Waals surface area (Å²) in [6.45, 7) is 0. The standard InChI is InChI=1S/C14H15N5O/c1-19-6-9(12-13(16)17-7-18-14(12)19)8-3-4-10(15)11(5-8)20-2/h3-7H,15H2,1-2H3,(H2,16,17,18). The number of hydrogen-bond donors (Lipinski definition) is 2. The largest absolute Gasteiger partial charge is 0.495 e. The lowest BCUT2D eigenvalue weighted by atomic mass is 10.1. The number of aromatic nitrogens is 3. The Kier molecular flexibility index (Phi) is 2.71. The summed E-state index contributed by atoms with van der Waals surface area (Å²) in [4.78, 5) is 8.33. The van der Waals surface area contributed by atoms with Crippen molar-refractivity contribution in [2.45, 2.75) is 0 Å². The van der Waals surface area contributed by atoms with E-state index in [-0.39, 0.29) is 0 Å². The van der Waals surface area contributed by atoms with Gasteiger partial charge in [0.2, 0.25) is 0 Å². The summed E-state index contributed by atoms with van der Waals surface area (Å²) in [5.74, 6) is 1.09. The summed E-state index contributed by atoms with van der Waals surface area (Å²) >= 11 is 0. The number of nitrogens with two attached hydrogens (primary N) is 2. The third-order valence-electron chi connectivity index (χ3n) is 3.33. The van der Waals surface area contributed by atoms with Gasteiger partial charge in [0.25, 0.3) is 0 Å². The molecule has 0 fully saturated rings. The van der Waals surface area contributed by atoms with E-state index in [0.717, 1.165) is 22.2 Å². The maximum atomic E-state index is 5.99. The molecule has 2 heterocycles. The molecule has 0 atom stereocenters. The van der Waals surface area contributed by atoms with E-state index in [4.69, 9.17) is 16.2 Å². The monoisotopic (exact) mass is 269 g/mol. The minimum absolute atomic E-state index is 0.460. The van der Waals surface area contributed by atoms with Crippen LogP contribution in [0.2, 0.25) is 0 Å². The fourth-order valence-electron chi connectivity index (χ4n) is 2.33. The lowest BCUT2D eigenvalue weighted by Gasteiger charge is -2.07. The molecule has 0 aliphatic heterocycles. The molecular formula is C14H15N5O.